The summed E-state index contributed by atoms with van der Waals surface area (Å²) < 4.78 is 5.76. The summed E-state index contributed by atoms with van der Waals surface area (Å²) in [6.07, 6.45) is 23.7. The molecule has 0 heterocycles. The first-order chi connectivity index (χ1) is 15.4. The molecular weight excluding hydrogens is 392 g/mol. The molecule has 0 N–H and O–H groups in total. The summed E-state index contributed by atoms with van der Waals surface area (Å²) in [7, 11) is 0. The largest absolute Gasteiger partial charge is 0.462 e. The quantitative estimate of drug-likeness (QED) is 0.203. The smallest absolute Gasteiger partial charge is 0.305 e. The molecule has 4 aliphatic rings. The van der Waals surface area contributed by atoms with E-state index in [0.29, 0.717) is 17.3 Å². The van der Waals surface area contributed by atoms with E-state index in [1.54, 1.807) is 5.57 Å². The topological polar surface area (TPSA) is 26.3 Å². The Balaban J connectivity index is 1.38. The van der Waals surface area contributed by atoms with Gasteiger partial charge in [-0.1, -0.05) is 77.9 Å². The van der Waals surface area contributed by atoms with Crippen molar-refractivity contribution in [1.82, 2.24) is 0 Å². The molecule has 0 spiro atoms. The molecule has 2 heteroatoms. The Kier molecular flexibility index (Phi) is 7.78. The second-order valence-corrected chi connectivity index (χ2v) is 12.3. The molecule has 4 aliphatic carbocycles. The third-order valence-electron chi connectivity index (χ3n) is 10.7. The molecule has 4 rings (SSSR count). The fraction of sp³-hybridized carbons (Fsp3) is 0.900. The highest BCUT2D eigenvalue weighted by molar-refractivity contribution is 5.69. The summed E-state index contributed by atoms with van der Waals surface area (Å²) in [6, 6.07) is 0. The van der Waals surface area contributed by atoms with Crippen molar-refractivity contribution < 1.29 is 9.53 Å². The standard InChI is InChI=1S/C30H50O2/c1-5-7-8-9-10-11-12-22-14-16-26-25-15-13-23-21-24(32-28(31)6-2)17-19-30(23,4)27(25)18-20-29(22,26)3/h13,22,24-27H,5-12,14-21H2,1-4H3/t22?,24?,25-,26-,27-,29+,30-/m0/s1. The van der Waals surface area contributed by atoms with Gasteiger partial charge < -0.3 is 4.74 Å². The van der Waals surface area contributed by atoms with Gasteiger partial charge in [-0.15, -0.1) is 0 Å². The minimum absolute atomic E-state index is 0.0244. The fourth-order valence-corrected chi connectivity index (χ4v) is 8.75. The Morgan fingerprint density at radius 1 is 0.969 bits per heavy atom. The number of fused-ring (bicyclic) bond motifs is 5. The lowest BCUT2D eigenvalue weighted by molar-refractivity contribution is -0.151. The molecule has 32 heavy (non-hydrogen) atoms. The fourth-order valence-electron chi connectivity index (χ4n) is 8.75. The van der Waals surface area contributed by atoms with Gasteiger partial charge in [0.25, 0.3) is 0 Å². The molecule has 7 atom stereocenters. The predicted molar refractivity (Wildman–Crippen MR) is 133 cm³/mol. The van der Waals surface area contributed by atoms with Gasteiger partial charge in [0.1, 0.15) is 6.10 Å². The van der Waals surface area contributed by atoms with E-state index in [9.17, 15) is 4.79 Å². The van der Waals surface area contributed by atoms with E-state index >= 15 is 0 Å². The van der Waals surface area contributed by atoms with Crippen LogP contribution < -0.4 is 0 Å². The maximum absolute atomic E-state index is 11.8. The first-order valence-electron chi connectivity index (χ1n) is 14.3. The summed E-state index contributed by atoms with van der Waals surface area (Å²) >= 11 is 0. The van der Waals surface area contributed by atoms with E-state index in [1.165, 1.54) is 83.5 Å². The molecular formula is C30H50O2. The number of ether oxygens (including phenoxy) is 1. The van der Waals surface area contributed by atoms with Gasteiger partial charge in [0.15, 0.2) is 0 Å². The number of hydrogen-bond acceptors (Lipinski definition) is 2. The van der Waals surface area contributed by atoms with Gasteiger partial charge in [-0.3, -0.25) is 4.79 Å². The van der Waals surface area contributed by atoms with E-state index < -0.39 is 0 Å². The predicted octanol–water partition coefficient (Wildman–Crippen LogP) is 8.64. The Labute approximate surface area is 198 Å². The number of rotatable bonds is 9. The highest BCUT2D eigenvalue weighted by atomic mass is 16.5. The van der Waals surface area contributed by atoms with Crippen LogP contribution in [-0.4, -0.2) is 12.1 Å². The average Bonchev–Trinajstić information content (AvgIpc) is 3.12. The number of esters is 1. The van der Waals surface area contributed by atoms with E-state index in [0.717, 1.165) is 36.5 Å². The first kappa shape index (κ1) is 24.3. The second-order valence-electron chi connectivity index (χ2n) is 12.3. The Bertz CT molecular complexity index is 680. The minimum Gasteiger partial charge on any atom is -0.462 e. The van der Waals surface area contributed by atoms with E-state index in [1.807, 2.05) is 6.92 Å². The van der Waals surface area contributed by atoms with Crippen molar-refractivity contribution in [3.63, 3.8) is 0 Å². The molecule has 0 aromatic heterocycles. The van der Waals surface area contributed by atoms with Crippen molar-refractivity contribution in [2.75, 3.05) is 0 Å². The van der Waals surface area contributed by atoms with Crippen molar-refractivity contribution in [1.29, 1.82) is 0 Å². The van der Waals surface area contributed by atoms with Crippen LogP contribution in [0.2, 0.25) is 0 Å². The van der Waals surface area contributed by atoms with Gasteiger partial charge in [0, 0.05) is 12.8 Å². The molecule has 0 aliphatic heterocycles. The molecule has 0 aromatic rings. The summed E-state index contributed by atoms with van der Waals surface area (Å²) in [4.78, 5) is 11.8. The normalized spacial score (nSPS) is 40.8. The highest BCUT2D eigenvalue weighted by Gasteiger charge is 2.58. The average molecular weight is 443 g/mol. The molecule has 0 saturated heterocycles. The summed E-state index contributed by atoms with van der Waals surface area (Å²) in [6.45, 7) is 9.47. The number of unbranched alkanes of at least 4 members (excludes halogenated alkanes) is 5. The van der Waals surface area contributed by atoms with Crippen LogP contribution in [0.5, 0.6) is 0 Å². The van der Waals surface area contributed by atoms with Gasteiger partial charge in [-0.25, -0.2) is 0 Å². The SMILES string of the molecule is CCCCCCCCC1CC[C@H]2[C@@H]3CC=C4CC(OC(=O)CC)CC[C@]4(C)[C@H]3CC[C@]12C. The van der Waals surface area contributed by atoms with Crippen LogP contribution in [0, 0.1) is 34.5 Å². The molecule has 0 amide bonds. The Morgan fingerprint density at radius 3 is 2.53 bits per heavy atom. The lowest BCUT2D eigenvalue weighted by Gasteiger charge is -2.58. The summed E-state index contributed by atoms with van der Waals surface area (Å²) in [5, 5.41) is 0. The first-order valence-corrected chi connectivity index (χ1v) is 14.3. The van der Waals surface area contributed by atoms with Crippen LogP contribution in [0.15, 0.2) is 11.6 Å². The Morgan fingerprint density at radius 2 is 1.75 bits per heavy atom. The van der Waals surface area contributed by atoms with Crippen LogP contribution in [0.1, 0.15) is 130 Å². The molecule has 2 nitrogen and oxygen atoms in total. The highest BCUT2D eigenvalue weighted by Crippen LogP contribution is 2.66. The third-order valence-corrected chi connectivity index (χ3v) is 10.7. The summed E-state index contributed by atoms with van der Waals surface area (Å²) in [5.74, 6) is 3.64. The van der Waals surface area contributed by atoms with Crippen LogP contribution in [-0.2, 0) is 9.53 Å². The number of allylic oxidation sites excluding steroid dienone is 1. The van der Waals surface area contributed by atoms with Gasteiger partial charge >= 0.3 is 5.97 Å². The molecule has 3 saturated carbocycles. The molecule has 0 radical (unpaired) electrons. The molecule has 3 fully saturated rings. The van der Waals surface area contributed by atoms with Gasteiger partial charge in [0.05, 0.1) is 0 Å². The molecule has 0 aromatic carbocycles. The lowest BCUT2D eigenvalue weighted by atomic mass is 9.47. The maximum Gasteiger partial charge on any atom is 0.305 e. The molecule has 0 bridgehead atoms. The van der Waals surface area contributed by atoms with Crippen molar-refractivity contribution in [3.05, 3.63) is 11.6 Å². The van der Waals surface area contributed by atoms with Crippen molar-refractivity contribution in [3.8, 4) is 0 Å². The van der Waals surface area contributed by atoms with Gasteiger partial charge in [0.2, 0.25) is 0 Å². The van der Waals surface area contributed by atoms with Crippen molar-refractivity contribution >= 4 is 5.97 Å². The zero-order chi connectivity index (χ0) is 22.8. The van der Waals surface area contributed by atoms with E-state index in [-0.39, 0.29) is 12.1 Å². The van der Waals surface area contributed by atoms with Crippen LogP contribution in [0.3, 0.4) is 0 Å². The van der Waals surface area contributed by atoms with E-state index in [2.05, 4.69) is 26.8 Å². The van der Waals surface area contributed by atoms with Crippen LogP contribution >= 0.6 is 0 Å². The third kappa shape index (κ3) is 4.58. The molecule has 182 valence electrons. The zero-order valence-electron chi connectivity index (χ0n) is 21.6. The number of carbonyl (C=O) groups is 1. The summed E-state index contributed by atoms with van der Waals surface area (Å²) in [5.41, 5.74) is 2.58. The monoisotopic (exact) mass is 442 g/mol. The van der Waals surface area contributed by atoms with Crippen LogP contribution in [0.25, 0.3) is 0 Å². The van der Waals surface area contributed by atoms with Gasteiger partial charge in [-0.2, -0.15) is 0 Å². The lowest BCUT2D eigenvalue weighted by Crippen LogP contribution is -2.50. The van der Waals surface area contributed by atoms with Crippen LogP contribution in [0.4, 0.5) is 0 Å². The molecule has 2 unspecified atom stereocenters. The van der Waals surface area contributed by atoms with Crippen molar-refractivity contribution in [2.45, 2.75) is 137 Å². The second kappa shape index (κ2) is 10.2. The van der Waals surface area contributed by atoms with Crippen molar-refractivity contribution in [2.24, 2.45) is 34.5 Å². The zero-order valence-corrected chi connectivity index (χ0v) is 21.6. The van der Waals surface area contributed by atoms with E-state index in [4.69, 9.17) is 4.74 Å². The van der Waals surface area contributed by atoms with Gasteiger partial charge in [-0.05, 0) is 85.9 Å². The Hall–Kier alpha value is -0.790. The number of carbonyl (C=O) groups excluding carboxylic acids is 1. The minimum atomic E-state index is -0.0244. The number of hydrogen-bond donors (Lipinski definition) is 0. The maximum atomic E-state index is 11.8.